The third-order valence-electron chi connectivity index (χ3n) is 3.16. The first-order valence-electron chi connectivity index (χ1n) is 6.63. The minimum absolute atomic E-state index is 0.461. The summed E-state index contributed by atoms with van der Waals surface area (Å²) in [6, 6.07) is 2.46. The summed E-state index contributed by atoms with van der Waals surface area (Å²) < 4.78 is 5.29. The third kappa shape index (κ3) is 4.63. The zero-order valence-electron chi connectivity index (χ0n) is 11.9. The van der Waals surface area contributed by atoms with Crippen LogP contribution in [0.4, 0.5) is 0 Å². The van der Waals surface area contributed by atoms with Crippen molar-refractivity contribution in [3.63, 3.8) is 0 Å². The van der Waals surface area contributed by atoms with Gasteiger partial charge in [-0.15, -0.1) is 0 Å². The van der Waals surface area contributed by atoms with Crippen molar-refractivity contribution in [2.24, 2.45) is 0 Å². The van der Waals surface area contributed by atoms with Gasteiger partial charge in [0, 0.05) is 30.9 Å². The molecule has 0 aliphatic heterocycles. The van der Waals surface area contributed by atoms with Crippen LogP contribution >= 0.6 is 0 Å². The Kier molecular flexibility index (Phi) is 6.68. The topological polar surface area (TPSA) is 37.4 Å². The fraction of sp³-hybridized carbons (Fsp3) is 0.643. The summed E-state index contributed by atoms with van der Waals surface area (Å²) in [4.78, 5) is 6.48. The van der Waals surface area contributed by atoms with E-state index in [2.05, 4.69) is 36.0 Å². The Morgan fingerprint density at radius 1 is 1.39 bits per heavy atom. The van der Waals surface area contributed by atoms with Crippen LogP contribution in [0.3, 0.4) is 0 Å². The monoisotopic (exact) mass is 251 g/mol. The SMILES string of the molecule is CCN(CC)CC(C)NCc1ccncc1OC. The molecule has 0 amide bonds. The number of pyridine rings is 1. The summed E-state index contributed by atoms with van der Waals surface area (Å²) in [5, 5.41) is 3.52. The van der Waals surface area contributed by atoms with Crippen molar-refractivity contribution in [3.05, 3.63) is 24.0 Å². The molecule has 1 aromatic rings. The molecule has 4 heteroatoms. The number of hydrogen-bond acceptors (Lipinski definition) is 4. The van der Waals surface area contributed by atoms with Crippen LogP contribution in [0, 0.1) is 0 Å². The van der Waals surface area contributed by atoms with Crippen molar-refractivity contribution >= 4 is 0 Å². The van der Waals surface area contributed by atoms with Crippen LogP contribution in [0.5, 0.6) is 5.75 Å². The molecule has 1 rings (SSSR count). The molecule has 102 valence electrons. The fourth-order valence-electron chi connectivity index (χ4n) is 1.96. The van der Waals surface area contributed by atoms with Crippen molar-refractivity contribution in [2.45, 2.75) is 33.4 Å². The predicted molar refractivity (Wildman–Crippen MR) is 74.9 cm³/mol. The third-order valence-corrected chi connectivity index (χ3v) is 3.16. The maximum Gasteiger partial charge on any atom is 0.141 e. The van der Waals surface area contributed by atoms with E-state index in [1.54, 1.807) is 19.5 Å². The Labute approximate surface area is 110 Å². The highest BCUT2D eigenvalue weighted by Gasteiger charge is 2.08. The predicted octanol–water partition coefficient (Wildman–Crippen LogP) is 1.91. The van der Waals surface area contributed by atoms with Crippen LogP contribution in [-0.4, -0.2) is 42.7 Å². The fourth-order valence-corrected chi connectivity index (χ4v) is 1.96. The second-order valence-corrected chi connectivity index (χ2v) is 4.46. The van der Waals surface area contributed by atoms with Gasteiger partial charge in [-0.2, -0.15) is 0 Å². The van der Waals surface area contributed by atoms with Crippen molar-refractivity contribution < 1.29 is 4.74 Å². The van der Waals surface area contributed by atoms with E-state index in [1.807, 2.05) is 6.07 Å². The average molecular weight is 251 g/mol. The average Bonchev–Trinajstić information content (AvgIpc) is 2.42. The zero-order valence-corrected chi connectivity index (χ0v) is 11.9. The summed E-state index contributed by atoms with van der Waals surface area (Å²) in [6.45, 7) is 10.7. The Balaban J connectivity index is 2.44. The van der Waals surface area contributed by atoms with Gasteiger partial charge in [0.2, 0.25) is 0 Å². The van der Waals surface area contributed by atoms with Gasteiger partial charge in [-0.1, -0.05) is 13.8 Å². The first-order chi connectivity index (χ1) is 8.71. The van der Waals surface area contributed by atoms with Gasteiger partial charge in [0.05, 0.1) is 13.3 Å². The van der Waals surface area contributed by atoms with Crippen LogP contribution in [-0.2, 0) is 6.54 Å². The van der Waals surface area contributed by atoms with Crippen molar-refractivity contribution in [2.75, 3.05) is 26.7 Å². The second-order valence-electron chi connectivity index (χ2n) is 4.46. The van der Waals surface area contributed by atoms with Crippen molar-refractivity contribution in [1.29, 1.82) is 0 Å². The largest absolute Gasteiger partial charge is 0.495 e. The van der Waals surface area contributed by atoms with Crippen LogP contribution in [0.15, 0.2) is 18.5 Å². The maximum absolute atomic E-state index is 5.29. The second kappa shape index (κ2) is 8.06. The van der Waals surface area contributed by atoms with Gasteiger partial charge >= 0.3 is 0 Å². The lowest BCUT2D eigenvalue weighted by atomic mass is 10.2. The number of nitrogens with zero attached hydrogens (tertiary/aromatic N) is 2. The van der Waals surface area contributed by atoms with E-state index in [4.69, 9.17) is 4.74 Å². The van der Waals surface area contributed by atoms with E-state index in [-0.39, 0.29) is 0 Å². The highest BCUT2D eigenvalue weighted by molar-refractivity contribution is 5.29. The van der Waals surface area contributed by atoms with Crippen LogP contribution in [0.1, 0.15) is 26.3 Å². The molecule has 1 aromatic heterocycles. The van der Waals surface area contributed by atoms with Crippen molar-refractivity contribution in [3.8, 4) is 5.75 Å². The quantitative estimate of drug-likeness (QED) is 0.766. The normalized spacial score (nSPS) is 12.7. The first-order valence-corrected chi connectivity index (χ1v) is 6.63. The molecule has 1 atom stereocenters. The summed E-state index contributed by atoms with van der Waals surface area (Å²) >= 11 is 0. The lowest BCUT2D eigenvalue weighted by molar-refractivity contribution is 0.270. The molecule has 0 saturated carbocycles. The lowest BCUT2D eigenvalue weighted by Gasteiger charge is -2.23. The van der Waals surface area contributed by atoms with Crippen molar-refractivity contribution in [1.82, 2.24) is 15.2 Å². The standard InChI is InChI=1S/C14H25N3O/c1-5-17(6-2)11-12(3)16-9-13-7-8-15-10-14(13)18-4/h7-8,10,12,16H,5-6,9,11H2,1-4H3. The van der Waals surface area contributed by atoms with Gasteiger partial charge in [0.1, 0.15) is 5.75 Å². The summed E-state index contributed by atoms with van der Waals surface area (Å²) in [6.07, 6.45) is 3.56. The molecule has 1 heterocycles. The number of nitrogens with one attached hydrogen (secondary N) is 1. The van der Waals surface area contributed by atoms with Gasteiger partial charge in [0.15, 0.2) is 0 Å². The highest BCUT2D eigenvalue weighted by atomic mass is 16.5. The Morgan fingerprint density at radius 3 is 2.72 bits per heavy atom. The molecule has 0 saturated heterocycles. The molecule has 1 unspecified atom stereocenters. The van der Waals surface area contributed by atoms with Gasteiger partial charge in [-0.25, -0.2) is 0 Å². The molecule has 0 aromatic carbocycles. The van der Waals surface area contributed by atoms with E-state index < -0.39 is 0 Å². The van der Waals surface area contributed by atoms with Gasteiger partial charge in [0.25, 0.3) is 0 Å². The van der Waals surface area contributed by atoms with E-state index in [0.717, 1.165) is 37.5 Å². The molecule has 4 nitrogen and oxygen atoms in total. The summed E-state index contributed by atoms with van der Waals surface area (Å²) in [7, 11) is 1.68. The summed E-state index contributed by atoms with van der Waals surface area (Å²) in [5.74, 6) is 0.847. The number of rotatable bonds is 8. The molecular formula is C14H25N3O. The molecule has 0 fully saturated rings. The van der Waals surface area contributed by atoms with E-state index in [1.165, 1.54) is 0 Å². The lowest BCUT2D eigenvalue weighted by Crippen LogP contribution is -2.38. The van der Waals surface area contributed by atoms with Crippen LogP contribution in [0.25, 0.3) is 0 Å². The number of hydrogen-bond donors (Lipinski definition) is 1. The molecule has 1 N–H and O–H groups in total. The minimum atomic E-state index is 0.461. The Bertz CT molecular complexity index is 340. The van der Waals surface area contributed by atoms with Crippen LogP contribution in [0.2, 0.25) is 0 Å². The van der Waals surface area contributed by atoms with E-state index in [0.29, 0.717) is 6.04 Å². The Morgan fingerprint density at radius 2 is 2.11 bits per heavy atom. The zero-order chi connectivity index (χ0) is 13.4. The number of likely N-dealkylation sites (N-methyl/N-ethyl adjacent to an activating group) is 1. The van der Waals surface area contributed by atoms with E-state index in [9.17, 15) is 0 Å². The smallest absolute Gasteiger partial charge is 0.141 e. The van der Waals surface area contributed by atoms with Gasteiger partial charge in [-0.3, -0.25) is 4.98 Å². The number of aromatic nitrogens is 1. The summed E-state index contributed by atoms with van der Waals surface area (Å²) in [5.41, 5.74) is 1.15. The molecule has 18 heavy (non-hydrogen) atoms. The Hall–Kier alpha value is -1.13. The van der Waals surface area contributed by atoms with Gasteiger partial charge in [-0.05, 0) is 26.1 Å². The highest BCUT2D eigenvalue weighted by Crippen LogP contribution is 2.15. The maximum atomic E-state index is 5.29. The van der Waals surface area contributed by atoms with Crippen LogP contribution < -0.4 is 10.1 Å². The molecule has 0 aliphatic rings. The number of methoxy groups -OCH3 is 1. The first kappa shape index (κ1) is 14.9. The molecule has 0 bridgehead atoms. The molecule has 0 spiro atoms. The molecular weight excluding hydrogens is 226 g/mol. The molecule has 0 radical (unpaired) electrons. The minimum Gasteiger partial charge on any atom is -0.495 e. The van der Waals surface area contributed by atoms with E-state index >= 15 is 0 Å². The van der Waals surface area contributed by atoms with Gasteiger partial charge < -0.3 is 15.0 Å². The number of ether oxygens (including phenoxy) is 1. The molecule has 0 aliphatic carbocycles.